The molecular formula is C19H24N4O2. The lowest BCUT2D eigenvalue weighted by Crippen LogP contribution is -2.41. The molecule has 6 heteroatoms. The first-order valence-electron chi connectivity index (χ1n) is 8.59. The number of carbonyl (C=O) groups is 1. The zero-order valence-electron chi connectivity index (χ0n) is 14.5. The Morgan fingerprint density at radius 2 is 2.00 bits per heavy atom. The quantitative estimate of drug-likeness (QED) is 0.844. The highest BCUT2D eigenvalue weighted by atomic mass is 16.5. The van der Waals surface area contributed by atoms with Gasteiger partial charge in [0.2, 0.25) is 0 Å². The molecule has 1 amide bonds. The molecule has 132 valence electrons. The molecule has 0 radical (unpaired) electrons. The number of carbonyl (C=O) groups excluding carboxylic acids is 1. The summed E-state index contributed by atoms with van der Waals surface area (Å²) in [7, 11) is 0. The fourth-order valence-electron chi connectivity index (χ4n) is 2.76. The monoisotopic (exact) mass is 340 g/mol. The SMILES string of the molecule is Cc1cccc(Nc2ccnc(C(=O)NCCN3CCOCC3)c2)c1. The number of aromatic nitrogens is 1. The van der Waals surface area contributed by atoms with Crippen LogP contribution in [0, 0.1) is 6.92 Å². The summed E-state index contributed by atoms with van der Waals surface area (Å²) >= 11 is 0. The second-order valence-electron chi connectivity index (χ2n) is 6.13. The number of pyridine rings is 1. The maximum atomic E-state index is 12.3. The van der Waals surface area contributed by atoms with E-state index in [1.807, 2.05) is 31.2 Å². The van der Waals surface area contributed by atoms with Crippen LogP contribution in [-0.4, -0.2) is 55.2 Å². The molecule has 1 fully saturated rings. The first kappa shape index (κ1) is 17.4. The standard InChI is InChI=1S/C19H24N4O2/c1-15-3-2-4-16(13-15)22-17-5-6-20-18(14-17)19(24)21-7-8-23-9-11-25-12-10-23/h2-6,13-14H,7-12H2,1H3,(H,20,22)(H,21,24). The number of nitrogens with one attached hydrogen (secondary N) is 2. The Bertz CT molecular complexity index is 714. The molecule has 1 aromatic carbocycles. The van der Waals surface area contributed by atoms with Crippen molar-refractivity contribution < 1.29 is 9.53 Å². The van der Waals surface area contributed by atoms with Gasteiger partial charge in [0, 0.05) is 43.8 Å². The van der Waals surface area contributed by atoms with Gasteiger partial charge in [0.1, 0.15) is 5.69 Å². The summed E-state index contributed by atoms with van der Waals surface area (Å²) in [6.07, 6.45) is 1.65. The van der Waals surface area contributed by atoms with Gasteiger partial charge in [-0.3, -0.25) is 14.7 Å². The smallest absolute Gasteiger partial charge is 0.269 e. The molecule has 2 N–H and O–H groups in total. The Kier molecular flexibility index (Phi) is 5.98. The molecule has 1 saturated heterocycles. The van der Waals surface area contributed by atoms with Crippen molar-refractivity contribution in [1.29, 1.82) is 0 Å². The van der Waals surface area contributed by atoms with Gasteiger partial charge in [-0.25, -0.2) is 0 Å². The summed E-state index contributed by atoms with van der Waals surface area (Å²) < 4.78 is 5.32. The van der Waals surface area contributed by atoms with Crippen LogP contribution in [0.4, 0.5) is 11.4 Å². The zero-order valence-corrected chi connectivity index (χ0v) is 14.5. The van der Waals surface area contributed by atoms with E-state index in [4.69, 9.17) is 4.74 Å². The Hall–Kier alpha value is -2.44. The van der Waals surface area contributed by atoms with E-state index >= 15 is 0 Å². The van der Waals surface area contributed by atoms with Crippen LogP contribution in [0.3, 0.4) is 0 Å². The fraction of sp³-hybridized carbons (Fsp3) is 0.368. The molecule has 0 atom stereocenters. The van der Waals surface area contributed by atoms with E-state index in [2.05, 4.69) is 26.6 Å². The van der Waals surface area contributed by atoms with E-state index in [0.29, 0.717) is 12.2 Å². The Balaban J connectivity index is 1.54. The van der Waals surface area contributed by atoms with E-state index in [0.717, 1.165) is 44.2 Å². The van der Waals surface area contributed by atoms with Crippen molar-refractivity contribution in [3.05, 3.63) is 53.9 Å². The molecule has 2 aromatic rings. The van der Waals surface area contributed by atoms with Crippen LogP contribution >= 0.6 is 0 Å². The summed E-state index contributed by atoms with van der Waals surface area (Å²) in [5.74, 6) is -0.152. The van der Waals surface area contributed by atoms with Crippen molar-refractivity contribution in [1.82, 2.24) is 15.2 Å². The molecule has 1 aliphatic heterocycles. The maximum absolute atomic E-state index is 12.3. The summed E-state index contributed by atoms with van der Waals surface area (Å²) in [6, 6.07) is 11.7. The Morgan fingerprint density at radius 1 is 1.20 bits per heavy atom. The molecule has 1 aromatic heterocycles. The van der Waals surface area contributed by atoms with Crippen LogP contribution in [0.1, 0.15) is 16.1 Å². The third-order valence-corrected chi connectivity index (χ3v) is 4.12. The molecule has 0 aliphatic carbocycles. The van der Waals surface area contributed by atoms with Gasteiger partial charge in [-0.15, -0.1) is 0 Å². The molecule has 0 spiro atoms. The minimum absolute atomic E-state index is 0.152. The molecular weight excluding hydrogens is 316 g/mol. The fourth-order valence-corrected chi connectivity index (χ4v) is 2.76. The highest BCUT2D eigenvalue weighted by Gasteiger charge is 2.12. The molecule has 1 aliphatic rings. The van der Waals surface area contributed by atoms with E-state index in [9.17, 15) is 4.79 Å². The van der Waals surface area contributed by atoms with Crippen molar-refractivity contribution in [2.75, 3.05) is 44.7 Å². The third kappa shape index (κ3) is 5.27. The molecule has 0 saturated carbocycles. The number of nitrogens with zero attached hydrogens (tertiary/aromatic N) is 2. The molecule has 0 unspecified atom stereocenters. The lowest BCUT2D eigenvalue weighted by molar-refractivity contribution is 0.0383. The minimum Gasteiger partial charge on any atom is -0.379 e. The number of hydrogen-bond acceptors (Lipinski definition) is 5. The lowest BCUT2D eigenvalue weighted by atomic mass is 10.2. The number of ether oxygens (including phenoxy) is 1. The Morgan fingerprint density at radius 3 is 2.80 bits per heavy atom. The third-order valence-electron chi connectivity index (χ3n) is 4.12. The van der Waals surface area contributed by atoms with Crippen molar-refractivity contribution in [3.8, 4) is 0 Å². The van der Waals surface area contributed by atoms with Crippen molar-refractivity contribution in [2.45, 2.75) is 6.92 Å². The van der Waals surface area contributed by atoms with Crippen molar-refractivity contribution >= 4 is 17.3 Å². The Labute approximate surface area is 148 Å². The molecule has 3 rings (SSSR count). The number of amides is 1. The molecule has 2 heterocycles. The zero-order chi connectivity index (χ0) is 17.5. The van der Waals surface area contributed by atoms with E-state index in [1.165, 1.54) is 5.56 Å². The lowest BCUT2D eigenvalue weighted by Gasteiger charge is -2.26. The predicted octanol–water partition coefficient (Wildman–Crippen LogP) is 2.20. The van der Waals surface area contributed by atoms with Gasteiger partial charge in [0.15, 0.2) is 0 Å². The van der Waals surface area contributed by atoms with E-state index < -0.39 is 0 Å². The molecule has 25 heavy (non-hydrogen) atoms. The molecule has 0 bridgehead atoms. The highest BCUT2D eigenvalue weighted by molar-refractivity contribution is 5.93. The number of aryl methyl sites for hydroxylation is 1. The largest absolute Gasteiger partial charge is 0.379 e. The normalized spacial score (nSPS) is 14.9. The van der Waals surface area contributed by atoms with Crippen molar-refractivity contribution in [3.63, 3.8) is 0 Å². The summed E-state index contributed by atoms with van der Waals surface area (Å²) in [5.41, 5.74) is 3.43. The van der Waals surface area contributed by atoms with Gasteiger partial charge >= 0.3 is 0 Å². The van der Waals surface area contributed by atoms with Crippen LogP contribution in [0.2, 0.25) is 0 Å². The van der Waals surface area contributed by atoms with Gasteiger partial charge in [0.25, 0.3) is 5.91 Å². The highest BCUT2D eigenvalue weighted by Crippen LogP contribution is 2.17. The second kappa shape index (κ2) is 8.60. The number of benzene rings is 1. The maximum Gasteiger partial charge on any atom is 0.269 e. The minimum atomic E-state index is -0.152. The first-order valence-corrected chi connectivity index (χ1v) is 8.59. The van der Waals surface area contributed by atoms with E-state index in [1.54, 1.807) is 12.3 Å². The number of hydrogen-bond donors (Lipinski definition) is 2. The number of anilines is 2. The number of rotatable bonds is 6. The summed E-state index contributed by atoms with van der Waals surface area (Å²) in [6.45, 7) is 6.86. The predicted molar refractivity (Wildman–Crippen MR) is 98.3 cm³/mol. The van der Waals surface area contributed by atoms with Crippen LogP contribution in [0.5, 0.6) is 0 Å². The van der Waals surface area contributed by atoms with E-state index in [-0.39, 0.29) is 5.91 Å². The molecule has 6 nitrogen and oxygen atoms in total. The van der Waals surface area contributed by atoms with Gasteiger partial charge in [-0.1, -0.05) is 12.1 Å². The topological polar surface area (TPSA) is 66.5 Å². The van der Waals surface area contributed by atoms with Crippen molar-refractivity contribution in [2.24, 2.45) is 0 Å². The van der Waals surface area contributed by atoms with Crippen LogP contribution in [0.25, 0.3) is 0 Å². The van der Waals surface area contributed by atoms with Gasteiger partial charge < -0.3 is 15.4 Å². The van der Waals surface area contributed by atoms with Gasteiger partial charge in [0.05, 0.1) is 13.2 Å². The van der Waals surface area contributed by atoms with Crippen LogP contribution < -0.4 is 10.6 Å². The second-order valence-corrected chi connectivity index (χ2v) is 6.13. The number of morpholine rings is 1. The van der Waals surface area contributed by atoms with Gasteiger partial charge in [-0.05, 0) is 36.8 Å². The van der Waals surface area contributed by atoms with Gasteiger partial charge in [-0.2, -0.15) is 0 Å². The summed E-state index contributed by atoms with van der Waals surface area (Å²) in [5, 5.41) is 6.24. The van der Waals surface area contributed by atoms with Crippen LogP contribution in [0.15, 0.2) is 42.6 Å². The van der Waals surface area contributed by atoms with Crippen LogP contribution in [-0.2, 0) is 4.74 Å². The average Bonchev–Trinajstić information content (AvgIpc) is 2.63. The first-order chi connectivity index (χ1) is 12.2. The average molecular weight is 340 g/mol. The summed E-state index contributed by atoms with van der Waals surface area (Å²) in [4.78, 5) is 18.8.